The number of rotatable bonds is 56. The molecule has 9 nitrogen and oxygen atoms in total. The normalized spacial score (nSPS) is 19.1. The molecular weight excluding hydrogens is 923 g/mol. The Kier molecular flexibility index (Phi) is 52.1. The van der Waals surface area contributed by atoms with E-state index in [-0.39, 0.29) is 12.5 Å². The molecule has 1 amide bonds. The Morgan fingerprint density at radius 1 is 0.459 bits per heavy atom. The van der Waals surface area contributed by atoms with Crippen LogP contribution in [-0.2, 0) is 14.3 Å². The number of hydrogen-bond acceptors (Lipinski definition) is 8. The van der Waals surface area contributed by atoms with Gasteiger partial charge >= 0.3 is 0 Å². The van der Waals surface area contributed by atoms with Crippen LogP contribution in [0.15, 0.2) is 36.5 Å². The second kappa shape index (κ2) is 54.8. The van der Waals surface area contributed by atoms with E-state index < -0.39 is 49.5 Å². The standard InChI is InChI=1S/C65H123NO8/c1-3-5-7-9-11-13-15-17-19-21-23-25-27-29-30-31-33-35-37-39-41-43-45-47-49-51-53-55-61(69)66-58(57-73-65-64(72)63(71)62(70)60(56-67)74-65)59(68)54-52-50-48-46-44-42-40-38-36-34-32-28-26-24-22-20-18-16-14-12-10-8-6-4-2/h15,17,21,23,52,54,58-60,62-65,67-68,70-72H,3-14,16,18-20,22,24-51,53,55-57H2,1-2H3,(H,66,69)/b17-15-,23-21-,54-52+. The van der Waals surface area contributed by atoms with E-state index >= 15 is 0 Å². The summed E-state index contributed by atoms with van der Waals surface area (Å²) in [5.74, 6) is -0.172. The zero-order chi connectivity index (χ0) is 53.6. The summed E-state index contributed by atoms with van der Waals surface area (Å²) < 4.78 is 11.3. The Balaban J connectivity index is 2.17. The van der Waals surface area contributed by atoms with Crippen molar-refractivity contribution < 1.29 is 39.8 Å². The smallest absolute Gasteiger partial charge is 0.220 e. The number of allylic oxidation sites excluding steroid dienone is 5. The summed E-state index contributed by atoms with van der Waals surface area (Å²) in [5.41, 5.74) is 0. The number of ether oxygens (including phenoxy) is 2. The zero-order valence-electron chi connectivity index (χ0n) is 48.6. The Bertz CT molecular complexity index is 1260. The van der Waals surface area contributed by atoms with E-state index in [1.165, 1.54) is 250 Å². The van der Waals surface area contributed by atoms with Crippen molar-refractivity contribution in [1.29, 1.82) is 0 Å². The van der Waals surface area contributed by atoms with Gasteiger partial charge in [-0.1, -0.05) is 294 Å². The summed E-state index contributed by atoms with van der Waals surface area (Å²) in [5, 5.41) is 54.7. The van der Waals surface area contributed by atoms with Crippen LogP contribution >= 0.6 is 0 Å². The summed E-state index contributed by atoms with van der Waals surface area (Å²) in [6.07, 6.45) is 65.1. The van der Waals surface area contributed by atoms with Crippen LogP contribution in [0.1, 0.15) is 316 Å². The molecule has 74 heavy (non-hydrogen) atoms. The maximum absolute atomic E-state index is 13.1. The summed E-state index contributed by atoms with van der Waals surface area (Å²) >= 11 is 0. The highest BCUT2D eigenvalue weighted by atomic mass is 16.7. The number of nitrogens with one attached hydrogen (secondary N) is 1. The first kappa shape index (κ1) is 70.4. The molecule has 0 aromatic rings. The van der Waals surface area contributed by atoms with Crippen LogP contribution in [0.5, 0.6) is 0 Å². The molecule has 1 heterocycles. The van der Waals surface area contributed by atoms with Gasteiger partial charge in [-0.3, -0.25) is 4.79 Å². The lowest BCUT2D eigenvalue weighted by Crippen LogP contribution is -2.60. The van der Waals surface area contributed by atoms with Gasteiger partial charge < -0.3 is 40.3 Å². The number of aliphatic hydroxyl groups is 5. The Morgan fingerprint density at radius 2 is 0.797 bits per heavy atom. The molecule has 0 aliphatic carbocycles. The molecular formula is C65H123NO8. The first-order chi connectivity index (χ1) is 36.3. The highest BCUT2D eigenvalue weighted by Gasteiger charge is 2.44. The van der Waals surface area contributed by atoms with Crippen molar-refractivity contribution in [2.75, 3.05) is 13.2 Å². The van der Waals surface area contributed by atoms with Crippen LogP contribution in [0.25, 0.3) is 0 Å². The topological polar surface area (TPSA) is 149 Å². The van der Waals surface area contributed by atoms with Crippen molar-refractivity contribution in [3.8, 4) is 0 Å². The number of amides is 1. The number of unbranched alkanes of at least 4 members (excludes halogenated alkanes) is 42. The van der Waals surface area contributed by atoms with E-state index in [4.69, 9.17) is 9.47 Å². The van der Waals surface area contributed by atoms with Gasteiger partial charge in [-0.05, 0) is 51.4 Å². The maximum atomic E-state index is 13.1. The molecule has 0 spiro atoms. The second-order valence-electron chi connectivity index (χ2n) is 22.6. The Morgan fingerprint density at radius 3 is 1.16 bits per heavy atom. The Labute approximate surface area is 457 Å². The minimum atomic E-state index is -1.57. The third-order valence-corrected chi connectivity index (χ3v) is 15.5. The van der Waals surface area contributed by atoms with Crippen molar-refractivity contribution in [2.45, 2.75) is 358 Å². The van der Waals surface area contributed by atoms with Crippen molar-refractivity contribution in [3.05, 3.63) is 36.5 Å². The predicted molar refractivity (Wildman–Crippen MR) is 313 cm³/mol. The van der Waals surface area contributed by atoms with Crippen LogP contribution in [0.2, 0.25) is 0 Å². The molecule has 0 bridgehead atoms. The van der Waals surface area contributed by atoms with E-state index in [0.29, 0.717) is 6.42 Å². The third-order valence-electron chi connectivity index (χ3n) is 15.5. The van der Waals surface area contributed by atoms with Gasteiger partial charge in [0.2, 0.25) is 5.91 Å². The van der Waals surface area contributed by atoms with Gasteiger partial charge in [0.25, 0.3) is 0 Å². The summed E-state index contributed by atoms with van der Waals surface area (Å²) in [6.45, 7) is 3.81. The fourth-order valence-corrected chi connectivity index (χ4v) is 10.4. The van der Waals surface area contributed by atoms with Crippen molar-refractivity contribution in [3.63, 3.8) is 0 Å². The summed E-state index contributed by atoms with van der Waals surface area (Å²) in [6, 6.07) is -0.805. The third kappa shape index (κ3) is 43.4. The van der Waals surface area contributed by atoms with E-state index in [1.807, 2.05) is 6.08 Å². The van der Waals surface area contributed by atoms with Crippen LogP contribution < -0.4 is 5.32 Å². The van der Waals surface area contributed by atoms with Gasteiger partial charge in [0.05, 0.1) is 25.4 Å². The minimum absolute atomic E-state index is 0.172. The van der Waals surface area contributed by atoms with Gasteiger partial charge in [0, 0.05) is 6.42 Å². The fraction of sp³-hybridized carbons (Fsp3) is 0.892. The Hall–Kier alpha value is -1.59. The molecule has 6 N–H and O–H groups in total. The molecule has 1 rings (SSSR count). The first-order valence-electron chi connectivity index (χ1n) is 32.2. The van der Waals surface area contributed by atoms with Crippen molar-refractivity contribution in [1.82, 2.24) is 5.32 Å². The average Bonchev–Trinajstić information content (AvgIpc) is 3.40. The minimum Gasteiger partial charge on any atom is -0.394 e. The predicted octanol–water partition coefficient (Wildman–Crippen LogP) is 16.7. The molecule has 9 heteroatoms. The SMILES string of the molecule is CCCCCCC/C=C\C/C=C\CCCCCCCCCCCCCCCCCC(=O)NC(COC1OC(CO)C(O)C(O)C1O)C(O)/C=C/CCCCCCCCCCCCCCCCCCCCCCCC. The quantitative estimate of drug-likeness (QED) is 0.0261. The van der Waals surface area contributed by atoms with Gasteiger partial charge in [0.15, 0.2) is 6.29 Å². The summed E-state index contributed by atoms with van der Waals surface area (Å²) in [7, 11) is 0. The van der Waals surface area contributed by atoms with E-state index in [9.17, 15) is 30.3 Å². The monoisotopic (exact) mass is 1050 g/mol. The first-order valence-corrected chi connectivity index (χ1v) is 32.2. The van der Waals surface area contributed by atoms with Crippen LogP contribution in [0.4, 0.5) is 0 Å². The van der Waals surface area contributed by atoms with Crippen LogP contribution in [0.3, 0.4) is 0 Å². The van der Waals surface area contributed by atoms with Crippen LogP contribution in [-0.4, -0.2) is 87.5 Å². The second-order valence-corrected chi connectivity index (χ2v) is 22.6. The molecule has 0 aromatic heterocycles. The highest BCUT2D eigenvalue weighted by Crippen LogP contribution is 2.23. The lowest BCUT2D eigenvalue weighted by molar-refractivity contribution is -0.302. The van der Waals surface area contributed by atoms with E-state index in [2.05, 4.69) is 43.5 Å². The molecule has 0 radical (unpaired) electrons. The number of aliphatic hydroxyl groups excluding tert-OH is 5. The van der Waals surface area contributed by atoms with Crippen LogP contribution in [0, 0.1) is 0 Å². The fourth-order valence-electron chi connectivity index (χ4n) is 10.4. The van der Waals surface area contributed by atoms with Crippen molar-refractivity contribution in [2.24, 2.45) is 0 Å². The average molecular weight is 1050 g/mol. The zero-order valence-corrected chi connectivity index (χ0v) is 48.6. The number of carbonyl (C=O) groups excluding carboxylic acids is 1. The van der Waals surface area contributed by atoms with Gasteiger partial charge in [-0.15, -0.1) is 0 Å². The molecule has 0 saturated carbocycles. The molecule has 0 aromatic carbocycles. The molecule has 1 aliphatic rings. The van der Waals surface area contributed by atoms with E-state index in [0.717, 1.165) is 44.9 Å². The molecule has 1 saturated heterocycles. The molecule has 7 atom stereocenters. The molecule has 436 valence electrons. The van der Waals surface area contributed by atoms with Gasteiger partial charge in [-0.25, -0.2) is 0 Å². The molecule has 7 unspecified atom stereocenters. The molecule has 1 aliphatic heterocycles. The maximum Gasteiger partial charge on any atom is 0.220 e. The lowest BCUT2D eigenvalue weighted by Gasteiger charge is -2.40. The number of hydrogen-bond donors (Lipinski definition) is 6. The lowest BCUT2D eigenvalue weighted by atomic mass is 9.99. The summed E-state index contributed by atoms with van der Waals surface area (Å²) in [4.78, 5) is 13.1. The van der Waals surface area contributed by atoms with E-state index in [1.54, 1.807) is 6.08 Å². The molecule has 1 fully saturated rings. The number of carbonyl (C=O) groups is 1. The largest absolute Gasteiger partial charge is 0.394 e. The van der Waals surface area contributed by atoms with Gasteiger partial charge in [-0.2, -0.15) is 0 Å². The van der Waals surface area contributed by atoms with Gasteiger partial charge in [0.1, 0.15) is 24.4 Å². The van der Waals surface area contributed by atoms with Crippen molar-refractivity contribution >= 4 is 5.91 Å². The highest BCUT2D eigenvalue weighted by molar-refractivity contribution is 5.76.